The zero-order valence-corrected chi connectivity index (χ0v) is 23.5. The Balaban J connectivity index is 1.98. The van der Waals surface area contributed by atoms with Crippen LogP contribution in [0.4, 0.5) is 5.69 Å². The normalized spacial score (nSPS) is 13.4. The van der Waals surface area contributed by atoms with Gasteiger partial charge in [-0.05, 0) is 36.6 Å². The number of carbonyl (C=O) groups excluding carboxylic acids is 2. The third-order valence-electron chi connectivity index (χ3n) is 5.78. The number of hydrogen-bond donors (Lipinski definition) is 1. The van der Waals surface area contributed by atoms with Gasteiger partial charge in [-0.2, -0.15) is 0 Å². The van der Waals surface area contributed by atoms with Gasteiger partial charge in [0.1, 0.15) is 12.6 Å². The lowest BCUT2D eigenvalue weighted by molar-refractivity contribution is -0.140. The summed E-state index contributed by atoms with van der Waals surface area (Å²) >= 11 is 12.8. The molecule has 1 aliphatic heterocycles. The molecular formula is C25H31Cl2N3O6S. The second-order valence-electron chi connectivity index (χ2n) is 9.09. The van der Waals surface area contributed by atoms with Crippen LogP contribution >= 0.6 is 23.2 Å². The number of carbonyl (C=O) groups is 2. The molecule has 12 heteroatoms. The van der Waals surface area contributed by atoms with Gasteiger partial charge in [0.05, 0.1) is 11.9 Å². The first kappa shape index (κ1) is 28.9. The molecule has 3 rings (SSSR count). The fourth-order valence-electron chi connectivity index (χ4n) is 3.85. The predicted octanol–water partition coefficient (Wildman–Crippen LogP) is 4.07. The summed E-state index contributed by atoms with van der Waals surface area (Å²) in [6.07, 6.45) is 1.30. The molecule has 0 saturated carbocycles. The number of benzene rings is 2. The van der Waals surface area contributed by atoms with Crippen molar-refractivity contribution in [3.63, 3.8) is 0 Å². The molecule has 1 aliphatic rings. The van der Waals surface area contributed by atoms with Gasteiger partial charge in [0.2, 0.25) is 28.6 Å². The summed E-state index contributed by atoms with van der Waals surface area (Å²) < 4.78 is 37.2. The Morgan fingerprint density at radius 3 is 2.32 bits per heavy atom. The van der Waals surface area contributed by atoms with Crippen LogP contribution in [0.25, 0.3) is 0 Å². The van der Waals surface area contributed by atoms with Gasteiger partial charge in [-0.15, -0.1) is 0 Å². The highest BCUT2D eigenvalue weighted by Crippen LogP contribution is 2.36. The summed E-state index contributed by atoms with van der Waals surface area (Å²) in [6, 6.07) is 8.69. The van der Waals surface area contributed by atoms with Crippen LogP contribution in [0, 0.1) is 5.92 Å². The molecule has 0 fully saturated rings. The van der Waals surface area contributed by atoms with Crippen LogP contribution < -0.4 is 19.1 Å². The van der Waals surface area contributed by atoms with Gasteiger partial charge in [-0.25, -0.2) is 8.42 Å². The number of hydrogen-bond acceptors (Lipinski definition) is 6. The number of halogens is 2. The molecule has 1 atom stereocenters. The van der Waals surface area contributed by atoms with E-state index in [0.717, 1.165) is 10.6 Å². The number of anilines is 1. The molecule has 2 aromatic rings. The quantitative estimate of drug-likeness (QED) is 0.436. The second kappa shape index (κ2) is 12.2. The minimum Gasteiger partial charge on any atom is -0.454 e. The van der Waals surface area contributed by atoms with Crippen molar-refractivity contribution in [1.82, 2.24) is 10.2 Å². The van der Waals surface area contributed by atoms with E-state index in [1.165, 1.54) is 17.0 Å². The maximum atomic E-state index is 13.8. The third kappa shape index (κ3) is 7.21. The maximum Gasteiger partial charge on any atom is 0.244 e. The van der Waals surface area contributed by atoms with Gasteiger partial charge in [-0.3, -0.25) is 13.9 Å². The van der Waals surface area contributed by atoms with Crippen LogP contribution in [0.2, 0.25) is 10.0 Å². The van der Waals surface area contributed by atoms with Gasteiger partial charge >= 0.3 is 0 Å². The zero-order chi connectivity index (χ0) is 27.3. The van der Waals surface area contributed by atoms with E-state index in [2.05, 4.69) is 5.32 Å². The van der Waals surface area contributed by atoms with Crippen molar-refractivity contribution in [2.75, 3.05) is 30.4 Å². The van der Waals surface area contributed by atoms with Crippen molar-refractivity contribution in [2.24, 2.45) is 5.92 Å². The highest BCUT2D eigenvalue weighted by Gasteiger charge is 2.33. The van der Waals surface area contributed by atoms with Gasteiger partial charge in [-0.1, -0.05) is 50.0 Å². The SMILES string of the molecule is CC[C@@H](C(=O)NCC(C)C)N(Cc1c(Cl)cccc1Cl)C(=O)CN(c1ccc2c(c1)OCO2)S(C)(=O)=O. The molecule has 2 aromatic carbocycles. The first-order valence-electron chi connectivity index (χ1n) is 11.8. The van der Waals surface area contributed by atoms with Crippen molar-refractivity contribution in [2.45, 2.75) is 39.8 Å². The van der Waals surface area contributed by atoms with Crippen molar-refractivity contribution in [1.29, 1.82) is 0 Å². The fourth-order valence-corrected chi connectivity index (χ4v) is 5.21. The molecule has 2 amide bonds. The van der Waals surface area contributed by atoms with E-state index >= 15 is 0 Å². The van der Waals surface area contributed by atoms with Crippen LogP contribution in [0.1, 0.15) is 32.8 Å². The van der Waals surface area contributed by atoms with E-state index in [1.807, 2.05) is 13.8 Å². The molecule has 202 valence electrons. The van der Waals surface area contributed by atoms with Gasteiger partial charge in [0, 0.05) is 34.8 Å². The molecule has 0 bridgehead atoms. The summed E-state index contributed by atoms with van der Waals surface area (Å²) in [4.78, 5) is 28.2. The molecule has 0 radical (unpaired) electrons. The van der Waals surface area contributed by atoms with Crippen LogP contribution in [-0.2, 0) is 26.2 Å². The summed E-state index contributed by atoms with van der Waals surface area (Å²) in [5, 5.41) is 3.53. The van der Waals surface area contributed by atoms with Crippen LogP contribution in [0.15, 0.2) is 36.4 Å². The summed E-state index contributed by atoms with van der Waals surface area (Å²) in [5.74, 6) is 0.117. The van der Waals surface area contributed by atoms with Crippen LogP contribution in [0.3, 0.4) is 0 Å². The first-order chi connectivity index (χ1) is 17.4. The molecule has 0 aliphatic carbocycles. The first-order valence-corrected chi connectivity index (χ1v) is 14.4. The van der Waals surface area contributed by atoms with E-state index in [0.29, 0.717) is 40.1 Å². The third-order valence-corrected chi connectivity index (χ3v) is 7.63. The van der Waals surface area contributed by atoms with E-state index in [9.17, 15) is 18.0 Å². The van der Waals surface area contributed by atoms with E-state index < -0.39 is 28.5 Å². The van der Waals surface area contributed by atoms with Crippen molar-refractivity contribution in [3.8, 4) is 11.5 Å². The lowest BCUT2D eigenvalue weighted by atomic mass is 10.1. The molecule has 1 N–H and O–H groups in total. The van der Waals surface area contributed by atoms with Gasteiger partial charge < -0.3 is 19.7 Å². The Labute approximate surface area is 227 Å². The molecule has 0 saturated heterocycles. The van der Waals surface area contributed by atoms with E-state index in [1.54, 1.807) is 31.2 Å². The Bertz CT molecular complexity index is 1230. The fraction of sp³-hybridized carbons (Fsp3) is 0.440. The maximum absolute atomic E-state index is 13.8. The summed E-state index contributed by atoms with van der Waals surface area (Å²) in [5.41, 5.74) is 0.691. The van der Waals surface area contributed by atoms with Gasteiger partial charge in [0.15, 0.2) is 11.5 Å². The van der Waals surface area contributed by atoms with Crippen molar-refractivity contribution in [3.05, 3.63) is 52.0 Å². The topological polar surface area (TPSA) is 105 Å². The number of fused-ring (bicyclic) bond motifs is 1. The predicted molar refractivity (Wildman–Crippen MR) is 144 cm³/mol. The monoisotopic (exact) mass is 571 g/mol. The van der Waals surface area contributed by atoms with Crippen LogP contribution in [0.5, 0.6) is 11.5 Å². The van der Waals surface area contributed by atoms with E-state index in [-0.39, 0.29) is 30.9 Å². The Hall–Kier alpha value is -2.69. The van der Waals surface area contributed by atoms with Crippen molar-refractivity contribution < 1.29 is 27.5 Å². The molecule has 37 heavy (non-hydrogen) atoms. The average molecular weight is 573 g/mol. The minimum atomic E-state index is -3.89. The lowest BCUT2D eigenvalue weighted by Crippen LogP contribution is -2.52. The van der Waals surface area contributed by atoms with Crippen LogP contribution in [-0.4, -0.2) is 57.3 Å². The average Bonchev–Trinajstić information content (AvgIpc) is 3.29. The zero-order valence-electron chi connectivity index (χ0n) is 21.2. The van der Waals surface area contributed by atoms with Gasteiger partial charge in [0.25, 0.3) is 0 Å². The lowest BCUT2D eigenvalue weighted by Gasteiger charge is -2.33. The highest BCUT2D eigenvalue weighted by molar-refractivity contribution is 7.92. The number of sulfonamides is 1. The number of nitrogens with one attached hydrogen (secondary N) is 1. The largest absolute Gasteiger partial charge is 0.454 e. The number of rotatable bonds is 11. The minimum absolute atomic E-state index is 0.0205. The molecular weight excluding hydrogens is 541 g/mol. The number of nitrogens with zero attached hydrogens (tertiary/aromatic N) is 2. The molecule has 0 unspecified atom stereocenters. The number of ether oxygens (including phenoxy) is 2. The van der Waals surface area contributed by atoms with E-state index in [4.69, 9.17) is 32.7 Å². The number of amides is 2. The summed E-state index contributed by atoms with van der Waals surface area (Å²) in [6.45, 7) is 5.52. The highest BCUT2D eigenvalue weighted by atomic mass is 35.5. The standard InChI is InChI=1S/C25H31Cl2N3O6S/c1-5-21(25(32)28-12-16(2)3)29(13-18-19(26)7-6-8-20(18)27)24(31)14-30(37(4,33)34)17-9-10-22-23(11-17)36-15-35-22/h6-11,16,21H,5,12-15H2,1-4H3,(H,28,32)/t21-/m0/s1. The molecule has 1 heterocycles. The second-order valence-corrected chi connectivity index (χ2v) is 11.8. The van der Waals surface area contributed by atoms with Crippen molar-refractivity contribution >= 4 is 50.7 Å². The molecule has 0 spiro atoms. The Kier molecular flexibility index (Phi) is 9.55. The molecule has 9 nitrogen and oxygen atoms in total. The Morgan fingerprint density at radius 2 is 1.73 bits per heavy atom. The summed E-state index contributed by atoms with van der Waals surface area (Å²) in [7, 11) is -3.89. The smallest absolute Gasteiger partial charge is 0.244 e. The molecule has 0 aromatic heterocycles. The Morgan fingerprint density at radius 1 is 1.08 bits per heavy atom.